The molecule has 0 saturated heterocycles. The summed E-state index contributed by atoms with van der Waals surface area (Å²) in [6.45, 7) is 1.97. The lowest BCUT2D eigenvalue weighted by Crippen LogP contribution is -2.25. The quantitative estimate of drug-likeness (QED) is 0.847. The first kappa shape index (κ1) is 15.2. The van der Waals surface area contributed by atoms with Crippen LogP contribution >= 0.6 is 0 Å². The predicted octanol–water partition coefficient (Wildman–Crippen LogP) is 1.81. The fraction of sp³-hybridized carbons (Fsp3) is 0.375. The average molecular weight is 314 g/mol. The van der Waals surface area contributed by atoms with Gasteiger partial charge in [-0.25, -0.2) is 9.48 Å². The van der Waals surface area contributed by atoms with Crippen LogP contribution in [-0.2, 0) is 6.42 Å². The Kier molecular flexibility index (Phi) is 4.10. The first-order valence-electron chi connectivity index (χ1n) is 7.69. The van der Waals surface area contributed by atoms with Crippen molar-refractivity contribution in [3.05, 3.63) is 41.2 Å². The second-order valence-corrected chi connectivity index (χ2v) is 5.65. The summed E-state index contributed by atoms with van der Waals surface area (Å²) in [5, 5.41) is 19.8. The number of amides is 1. The van der Waals surface area contributed by atoms with Crippen LogP contribution in [0.1, 0.15) is 52.7 Å². The lowest BCUT2D eigenvalue weighted by Gasteiger charge is -2.08. The van der Waals surface area contributed by atoms with Crippen molar-refractivity contribution in [3.8, 4) is 5.69 Å². The van der Waals surface area contributed by atoms with Gasteiger partial charge in [0.1, 0.15) is 0 Å². The molecular weight excluding hydrogens is 296 g/mol. The number of aromatic carboxylic acids is 1. The number of carboxylic acid groups (broad SMARTS) is 1. The summed E-state index contributed by atoms with van der Waals surface area (Å²) in [6, 6.07) is 7.24. The van der Waals surface area contributed by atoms with Crippen LogP contribution < -0.4 is 5.32 Å². The number of hydrogen-bond donors (Lipinski definition) is 2. The second kappa shape index (κ2) is 6.20. The first-order valence-corrected chi connectivity index (χ1v) is 7.69. The molecule has 1 aliphatic rings. The van der Waals surface area contributed by atoms with Crippen LogP contribution in [-0.4, -0.2) is 38.0 Å². The van der Waals surface area contributed by atoms with Gasteiger partial charge in [-0.05, 0) is 43.5 Å². The van der Waals surface area contributed by atoms with Crippen LogP contribution in [0.2, 0.25) is 0 Å². The summed E-state index contributed by atoms with van der Waals surface area (Å²) in [4.78, 5) is 23.2. The molecule has 23 heavy (non-hydrogen) atoms. The summed E-state index contributed by atoms with van der Waals surface area (Å²) in [7, 11) is 0. The van der Waals surface area contributed by atoms with E-state index in [-0.39, 0.29) is 11.6 Å². The highest BCUT2D eigenvalue weighted by atomic mass is 16.4. The third-order valence-corrected chi connectivity index (χ3v) is 3.74. The zero-order chi connectivity index (χ0) is 16.4. The van der Waals surface area contributed by atoms with E-state index in [1.165, 1.54) is 4.68 Å². The highest BCUT2D eigenvalue weighted by Crippen LogP contribution is 2.20. The molecule has 0 spiro atoms. The van der Waals surface area contributed by atoms with Crippen LogP contribution in [0.3, 0.4) is 0 Å². The van der Waals surface area contributed by atoms with E-state index in [9.17, 15) is 14.7 Å². The Morgan fingerprint density at radius 3 is 2.57 bits per heavy atom. The SMILES string of the molecule is CCCc1c(C(=O)O)nnn1-c1ccc(C(=O)NC2CC2)cc1. The van der Waals surface area contributed by atoms with Crippen LogP contribution in [0.15, 0.2) is 24.3 Å². The number of nitrogens with one attached hydrogen (secondary N) is 1. The van der Waals surface area contributed by atoms with Gasteiger partial charge in [0.15, 0.2) is 5.69 Å². The number of rotatable bonds is 6. The molecule has 1 fully saturated rings. The zero-order valence-electron chi connectivity index (χ0n) is 12.8. The topological polar surface area (TPSA) is 97.1 Å². The third-order valence-electron chi connectivity index (χ3n) is 3.74. The standard InChI is InChI=1S/C16H18N4O3/c1-2-3-13-14(16(22)23)18-19-20(13)12-8-4-10(5-9-12)15(21)17-11-6-7-11/h4-5,8-9,11H,2-3,6-7H2,1H3,(H,17,21)(H,22,23). The van der Waals surface area contributed by atoms with E-state index in [4.69, 9.17) is 0 Å². The molecule has 7 heteroatoms. The number of carboxylic acids is 1. The number of nitrogens with zero attached hydrogens (tertiary/aromatic N) is 3. The Labute approximate surface area is 133 Å². The van der Waals surface area contributed by atoms with Crippen molar-refractivity contribution in [2.24, 2.45) is 0 Å². The average Bonchev–Trinajstić information content (AvgIpc) is 3.25. The van der Waals surface area contributed by atoms with Gasteiger partial charge in [0.05, 0.1) is 11.4 Å². The van der Waals surface area contributed by atoms with Gasteiger partial charge >= 0.3 is 5.97 Å². The van der Waals surface area contributed by atoms with Gasteiger partial charge in [-0.15, -0.1) is 5.10 Å². The van der Waals surface area contributed by atoms with Gasteiger partial charge in [0, 0.05) is 11.6 Å². The molecule has 120 valence electrons. The molecule has 0 bridgehead atoms. The largest absolute Gasteiger partial charge is 0.476 e. The maximum atomic E-state index is 12.0. The first-order chi connectivity index (χ1) is 11.1. The maximum absolute atomic E-state index is 12.0. The summed E-state index contributed by atoms with van der Waals surface area (Å²) in [5.41, 5.74) is 1.81. The maximum Gasteiger partial charge on any atom is 0.358 e. The Bertz CT molecular complexity index is 732. The molecule has 0 radical (unpaired) electrons. The zero-order valence-corrected chi connectivity index (χ0v) is 12.8. The van der Waals surface area contributed by atoms with E-state index in [1.807, 2.05) is 6.92 Å². The van der Waals surface area contributed by atoms with Crippen LogP contribution in [0.4, 0.5) is 0 Å². The number of carbonyl (C=O) groups is 2. The van der Waals surface area contributed by atoms with Crippen LogP contribution in [0.25, 0.3) is 5.69 Å². The number of aromatic nitrogens is 3. The van der Waals surface area contributed by atoms with Crippen LogP contribution in [0, 0.1) is 0 Å². The molecule has 1 aromatic heterocycles. The number of benzene rings is 1. The molecule has 7 nitrogen and oxygen atoms in total. The van der Waals surface area contributed by atoms with Crippen LogP contribution in [0.5, 0.6) is 0 Å². The highest BCUT2D eigenvalue weighted by Gasteiger charge is 2.24. The predicted molar refractivity (Wildman–Crippen MR) is 82.8 cm³/mol. The molecule has 1 amide bonds. The molecule has 1 aliphatic carbocycles. The summed E-state index contributed by atoms with van der Waals surface area (Å²) < 4.78 is 1.52. The Hall–Kier alpha value is -2.70. The minimum absolute atomic E-state index is 0.0256. The summed E-state index contributed by atoms with van der Waals surface area (Å²) in [6.07, 6.45) is 3.44. The Morgan fingerprint density at radius 1 is 1.30 bits per heavy atom. The van der Waals surface area contributed by atoms with Gasteiger partial charge < -0.3 is 10.4 Å². The second-order valence-electron chi connectivity index (χ2n) is 5.65. The summed E-state index contributed by atoms with van der Waals surface area (Å²) >= 11 is 0. The number of hydrogen-bond acceptors (Lipinski definition) is 4. The van der Waals surface area contributed by atoms with E-state index in [1.54, 1.807) is 24.3 Å². The number of carbonyl (C=O) groups excluding carboxylic acids is 1. The van der Waals surface area contributed by atoms with Gasteiger partial charge in [0.25, 0.3) is 5.91 Å². The Morgan fingerprint density at radius 2 is 2.00 bits per heavy atom. The fourth-order valence-corrected chi connectivity index (χ4v) is 2.39. The molecule has 0 unspecified atom stereocenters. The molecule has 2 aromatic rings. The molecule has 0 aliphatic heterocycles. The van der Waals surface area contributed by atoms with E-state index in [0.717, 1.165) is 19.3 Å². The smallest absolute Gasteiger partial charge is 0.358 e. The van der Waals surface area contributed by atoms with Gasteiger partial charge in [-0.1, -0.05) is 18.6 Å². The molecule has 1 aromatic carbocycles. The lowest BCUT2D eigenvalue weighted by atomic mass is 10.1. The van der Waals surface area contributed by atoms with E-state index >= 15 is 0 Å². The molecule has 3 rings (SSSR count). The minimum atomic E-state index is -1.08. The normalized spacial score (nSPS) is 13.8. The van der Waals surface area contributed by atoms with Crippen molar-refractivity contribution in [1.29, 1.82) is 0 Å². The molecular formula is C16H18N4O3. The van der Waals surface area contributed by atoms with Crippen molar-refractivity contribution < 1.29 is 14.7 Å². The lowest BCUT2D eigenvalue weighted by molar-refractivity contribution is 0.0688. The minimum Gasteiger partial charge on any atom is -0.476 e. The van der Waals surface area contributed by atoms with E-state index in [0.29, 0.717) is 29.4 Å². The molecule has 2 N–H and O–H groups in total. The molecule has 1 heterocycles. The van der Waals surface area contributed by atoms with Crippen molar-refractivity contribution in [3.63, 3.8) is 0 Å². The Balaban J connectivity index is 1.86. The van der Waals surface area contributed by atoms with Gasteiger partial charge in [0.2, 0.25) is 0 Å². The molecule has 1 saturated carbocycles. The van der Waals surface area contributed by atoms with Crippen molar-refractivity contribution in [1.82, 2.24) is 20.3 Å². The van der Waals surface area contributed by atoms with E-state index < -0.39 is 5.97 Å². The fourth-order valence-electron chi connectivity index (χ4n) is 2.39. The molecule has 0 atom stereocenters. The van der Waals surface area contributed by atoms with Crippen molar-refractivity contribution in [2.75, 3.05) is 0 Å². The highest BCUT2D eigenvalue weighted by molar-refractivity contribution is 5.94. The third kappa shape index (κ3) is 3.23. The monoisotopic (exact) mass is 314 g/mol. The van der Waals surface area contributed by atoms with Crippen molar-refractivity contribution >= 4 is 11.9 Å². The summed E-state index contributed by atoms with van der Waals surface area (Å²) in [5.74, 6) is -1.17. The van der Waals surface area contributed by atoms with Gasteiger partial charge in [-0.3, -0.25) is 4.79 Å². The van der Waals surface area contributed by atoms with Gasteiger partial charge in [-0.2, -0.15) is 0 Å². The van der Waals surface area contributed by atoms with Crippen molar-refractivity contribution in [2.45, 2.75) is 38.6 Å². The van der Waals surface area contributed by atoms with E-state index in [2.05, 4.69) is 15.6 Å².